The Bertz CT molecular complexity index is 554. The van der Waals surface area contributed by atoms with Crippen molar-refractivity contribution in [3.8, 4) is 0 Å². The summed E-state index contributed by atoms with van der Waals surface area (Å²) in [5, 5.41) is 4.08. The van der Waals surface area contributed by atoms with E-state index in [1.807, 2.05) is 0 Å². The molecule has 0 unspecified atom stereocenters. The summed E-state index contributed by atoms with van der Waals surface area (Å²) >= 11 is 0. The summed E-state index contributed by atoms with van der Waals surface area (Å²) < 4.78 is 10.4. The minimum absolute atomic E-state index is 0.0423. The highest BCUT2D eigenvalue weighted by molar-refractivity contribution is 5.78. The van der Waals surface area contributed by atoms with Gasteiger partial charge in [-0.05, 0) is 31.6 Å². The molecule has 114 valence electrons. The zero-order valence-corrected chi connectivity index (χ0v) is 12.4. The molecule has 3 fully saturated rings. The van der Waals surface area contributed by atoms with Gasteiger partial charge in [0.1, 0.15) is 0 Å². The van der Waals surface area contributed by atoms with Crippen molar-refractivity contribution in [2.45, 2.75) is 44.6 Å². The lowest BCUT2D eigenvalue weighted by molar-refractivity contribution is -0.153. The van der Waals surface area contributed by atoms with E-state index in [-0.39, 0.29) is 11.4 Å². The van der Waals surface area contributed by atoms with Crippen molar-refractivity contribution in [2.24, 2.45) is 11.3 Å². The Morgan fingerprint density at radius 2 is 2.33 bits per heavy atom. The number of carbonyl (C=O) groups is 1. The van der Waals surface area contributed by atoms with Crippen LogP contribution in [0, 0.1) is 11.3 Å². The van der Waals surface area contributed by atoms with Crippen molar-refractivity contribution in [3.63, 3.8) is 0 Å². The molecular weight excluding hydrogens is 270 g/mol. The van der Waals surface area contributed by atoms with E-state index in [9.17, 15) is 4.79 Å². The Morgan fingerprint density at radius 1 is 1.48 bits per heavy atom. The lowest BCUT2D eigenvalue weighted by atomic mass is 9.81. The minimum Gasteiger partial charge on any atom is -0.469 e. The van der Waals surface area contributed by atoms with Crippen molar-refractivity contribution < 1.29 is 14.1 Å². The average molecular weight is 291 g/mol. The SMILES string of the molecule is COC(=O)[C@]12CCC[C@H]1CN(Cc1noc(C3CC3)n1)C2. The highest BCUT2D eigenvalue weighted by Gasteiger charge is 2.55. The zero-order valence-electron chi connectivity index (χ0n) is 12.4. The van der Waals surface area contributed by atoms with Crippen molar-refractivity contribution in [1.82, 2.24) is 15.0 Å². The number of hydrogen-bond donors (Lipinski definition) is 0. The molecular formula is C15H21N3O3. The van der Waals surface area contributed by atoms with Gasteiger partial charge < -0.3 is 9.26 Å². The molecule has 4 rings (SSSR count). The number of ether oxygens (including phenoxy) is 1. The van der Waals surface area contributed by atoms with Crippen LogP contribution in [0.25, 0.3) is 0 Å². The van der Waals surface area contributed by atoms with Gasteiger partial charge in [0, 0.05) is 19.0 Å². The second-order valence-electron chi connectivity index (χ2n) is 6.73. The first-order chi connectivity index (χ1) is 10.2. The summed E-state index contributed by atoms with van der Waals surface area (Å²) in [6, 6.07) is 0. The highest BCUT2D eigenvalue weighted by Crippen LogP contribution is 2.49. The van der Waals surface area contributed by atoms with E-state index in [0.29, 0.717) is 18.4 Å². The van der Waals surface area contributed by atoms with Gasteiger partial charge in [0.05, 0.1) is 19.1 Å². The van der Waals surface area contributed by atoms with E-state index in [4.69, 9.17) is 9.26 Å². The molecule has 2 heterocycles. The molecule has 3 aliphatic rings. The molecule has 21 heavy (non-hydrogen) atoms. The third-order valence-electron chi connectivity index (χ3n) is 5.31. The number of aromatic nitrogens is 2. The number of methoxy groups -OCH3 is 1. The number of fused-ring (bicyclic) bond motifs is 1. The lowest BCUT2D eigenvalue weighted by Gasteiger charge is -2.25. The number of nitrogens with zero attached hydrogens (tertiary/aromatic N) is 3. The number of likely N-dealkylation sites (tertiary alicyclic amines) is 1. The number of esters is 1. The molecule has 1 saturated heterocycles. The molecule has 0 amide bonds. The van der Waals surface area contributed by atoms with Gasteiger partial charge in [-0.3, -0.25) is 9.69 Å². The predicted octanol–water partition coefficient (Wildman–Crippen LogP) is 1.72. The number of rotatable bonds is 4. The maximum atomic E-state index is 12.2. The van der Waals surface area contributed by atoms with Crippen LogP contribution in [0.4, 0.5) is 0 Å². The third-order valence-corrected chi connectivity index (χ3v) is 5.31. The van der Waals surface area contributed by atoms with Crippen molar-refractivity contribution >= 4 is 5.97 Å². The van der Waals surface area contributed by atoms with Crippen LogP contribution >= 0.6 is 0 Å². The smallest absolute Gasteiger partial charge is 0.313 e. The maximum absolute atomic E-state index is 12.2. The monoisotopic (exact) mass is 291 g/mol. The van der Waals surface area contributed by atoms with Crippen molar-refractivity contribution in [1.29, 1.82) is 0 Å². The Balaban J connectivity index is 1.46. The van der Waals surface area contributed by atoms with Gasteiger partial charge in [-0.25, -0.2) is 0 Å². The molecule has 0 N–H and O–H groups in total. The normalized spacial score (nSPS) is 32.3. The van der Waals surface area contributed by atoms with E-state index in [1.165, 1.54) is 20.0 Å². The van der Waals surface area contributed by atoms with Crippen LogP contribution in [0.3, 0.4) is 0 Å². The van der Waals surface area contributed by atoms with E-state index in [1.54, 1.807) is 0 Å². The number of carbonyl (C=O) groups excluding carboxylic acids is 1. The predicted molar refractivity (Wildman–Crippen MR) is 73.3 cm³/mol. The fourth-order valence-electron chi connectivity index (χ4n) is 4.08. The van der Waals surface area contributed by atoms with Crippen LogP contribution in [0.2, 0.25) is 0 Å². The summed E-state index contributed by atoms with van der Waals surface area (Å²) in [7, 11) is 1.50. The third kappa shape index (κ3) is 2.16. The van der Waals surface area contributed by atoms with Gasteiger partial charge in [-0.15, -0.1) is 0 Å². The van der Waals surface area contributed by atoms with Crippen molar-refractivity contribution in [3.05, 3.63) is 11.7 Å². The van der Waals surface area contributed by atoms with Gasteiger partial charge >= 0.3 is 5.97 Å². The fourth-order valence-corrected chi connectivity index (χ4v) is 4.08. The molecule has 2 atom stereocenters. The van der Waals surface area contributed by atoms with Crippen LogP contribution in [0.5, 0.6) is 0 Å². The van der Waals surface area contributed by atoms with Crippen LogP contribution in [-0.4, -0.2) is 41.2 Å². The first-order valence-electron chi connectivity index (χ1n) is 7.84. The highest BCUT2D eigenvalue weighted by atomic mass is 16.5. The van der Waals surface area contributed by atoms with Gasteiger partial charge in [0.15, 0.2) is 5.82 Å². The topological polar surface area (TPSA) is 68.5 Å². The average Bonchev–Trinajstić information content (AvgIpc) is 2.93. The number of hydrogen-bond acceptors (Lipinski definition) is 6. The Morgan fingerprint density at radius 3 is 3.10 bits per heavy atom. The second kappa shape index (κ2) is 4.80. The van der Waals surface area contributed by atoms with Crippen LogP contribution < -0.4 is 0 Å². The summed E-state index contributed by atoms with van der Waals surface area (Å²) in [5.74, 6) is 2.40. The fraction of sp³-hybridized carbons (Fsp3) is 0.800. The van der Waals surface area contributed by atoms with Crippen LogP contribution in [0.15, 0.2) is 4.52 Å². The second-order valence-corrected chi connectivity index (χ2v) is 6.73. The standard InChI is InChI=1S/C15H21N3O3/c1-20-14(19)15-6-2-3-11(15)7-18(9-15)8-12-16-13(21-17-12)10-4-5-10/h10-11H,2-9H2,1H3/t11-,15-/m0/s1. The molecule has 0 bridgehead atoms. The van der Waals surface area contributed by atoms with Crippen molar-refractivity contribution in [2.75, 3.05) is 20.2 Å². The minimum atomic E-state index is -0.294. The summed E-state index contributed by atoms with van der Waals surface area (Å²) in [6.07, 6.45) is 5.52. The maximum Gasteiger partial charge on any atom is 0.313 e. The summed E-state index contributed by atoms with van der Waals surface area (Å²) in [6.45, 7) is 2.37. The quantitative estimate of drug-likeness (QED) is 0.787. The van der Waals surface area contributed by atoms with Gasteiger partial charge in [-0.2, -0.15) is 4.98 Å². The summed E-state index contributed by atoms with van der Waals surface area (Å²) in [4.78, 5) is 19.0. The van der Waals surface area contributed by atoms with Crippen LogP contribution in [-0.2, 0) is 16.1 Å². The molecule has 1 aromatic rings. The summed E-state index contributed by atoms with van der Waals surface area (Å²) in [5.41, 5.74) is -0.294. The molecule has 6 nitrogen and oxygen atoms in total. The van der Waals surface area contributed by atoms with Gasteiger partial charge in [-0.1, -0.05) is 11.6 Å². The Kier molecular flexibility index (Phi) is 3.03. The van der Waals surface area contributed by atoms with E-state index in [2.05, 4.69) is 15.0 Å². The van der Waals surface area contributed by atoms with Gasteiger partial charge in [0.2, 0.25) is 5.89 Å². The molecule has 1 aliphatic heterocycles. The molecule has 0 aromatic carbocycles. The first kappa shape index (κ1) is 13.2. The largest absolute Gasteiger partial charge is 0.469 e. The molecule has 0 spiro atoms. The van der Waals surface area contributed by atoms with E-state index in [0.717, 1.165) is 44.1 Å². The van der Waals surface area contributed by atoms with E-state index < -0.39 is 0 Å². The van der Waals surface area contributed by atoms with Crippen LogP contribution in [0.1, 0.15) is 49.7 Å². The molecule has 2 aliphatic carbocycles. The Hall–Kier alpha value is -1.43. The lowest BCUT2D eigenvalue weighted by Crippen LogP contribution is -2.36. The molecule has 6 heteroatoms. The van der Waals surface area contributed by atoms with Gasteiger partial charge in [0.25, 0.3) is 0 Å². The Labute approximate surface area is 123 Å². The molecule has 1 aromatic heterocycles. The molecule has 0 radical (unpaired) electrons. The molecule has 2 saturated carbocycles. The van der Waals surface area contributed by atoms with E-state index >= 15 is 0 Å². The first-order valence-corrected chi connectivity index (χ1v) is 7.84. The zero-order chi connectivity index (χ0) is 14.4.